The average molecular weight is 277 g/mol. The molecule has 0 saturated carbocycles. The second-order valence-corrected chi connectivity index (χ2v) is 4.90. The normalized spacial score (nSPS) is 21.5. The van der Waals surface area contributed by atoms with Crippen LogP contribution in [-0.4, -0.2) is 17.0 Å². The molecule has 1 aromatic carbocycles. The molecule has 2 atom stereocenters. The van der Waals surface area contributed by atoms with Gasteiger partial charge in [0.15, 0.2) is 0 Å². The summed E-state index contributed by atoms with van der Waals surface area (Å²) in [4.78, 5) is 23.4. The molecule has 1 aliphatic rings. The maximum atomic E-state index is 13.4. The average Bonchev–Trinajstić information content (AvgIpc) is 2.43. The van der Waals surface area contributed by atoms with Gasteiger partial charge >= 0.3 is 5.97 Å². The Balaban J connectivity index is 2.17. The number of nitrogens with one attached hydrogen (secondary N) is 1. The first-order chi connectivity index (χ1) is 9.50. The standard InChI is InChI=1S/C15H16FNO3/c1-9-12(16)7-4-8-13(9)17-14(18)10-5-2-3-6-11(10)15(19)20/h2-4,7-8,10-11H,5-6H2,1H3,(H,17,18)(H,19,20)/t10-,11+/m0/s1. The highest BCUT2D eigenvalue weighted by Crippen LogP contribution is 2.28. The van der Waals surface area contributed by atoms with Crippen molar-refractivity contribution < 1.29 is 19.1 Å². The van der Waals surface area contributed by atoms with Gasteiger partial charge in [0.1, 0.15) is 5.82 Å². The molecule has 1 aliphatic carbocycles. The number of aliphatic carboxylic acids is 1. The van der Waals surface area contributed by atoms with Crippen molar-refractivity contribution in [3.8, 4) is 0 Å². The first kappa shape index (κ1) is 14.2. The number of benzene rings is 1. The van der Waals surface area contributed by atoms with Gasteiger partial charge in [-0.15, -0.1) is 0 Å². The predicted molar refractivity (Wildman–Crippen MR) is 72.8 cm³/mol. The van der Waals surface area contributed by atoms with Crippen molar-refractivity contribution in [2.45, 2.75) is 19.8 Å². The van der Waals surface area contributed by atoms with E-state index in [4.69, 9.17) is 5.11 Å². The van der Waals surface area contributed by atoms with E-state index in [0.717, 1.165) is 0 Å². The molecular formula is C15H16FNO3. The van der Waals surface area contributed by atoms with E-state index in [-0.39, 0.29) is 5.91 Å². The van der Waals surface area contributed by atoms with Crippen molar-refractivity contribution in [3.63, 3.8) is 0 Å². The van der Waals surface area contributed by atoms with Gasteiger partial charge in [0.25, 0.3) is 0 Å². The maximum Gasteiger partial charge on any atom is 0.307 e. The molecule has 1 aromatic rings. The Kier molecular flexibility index (Phi) is 4.17. The lowest BCUT2D eigenvalue weighted by atomic mass is 9.82. The molecule has 0 heterocycles. The van der Waals surface area contributed by atoms with Crippen LogP contribution in [0.15, 0.2) is 30.4 Å². The summed E-state index contributed by atoms with van der Waals surface area (Å²) < 4.78 is 13.4. The van der Waals surface area contributed by atoms with E-state index in [1.54, 1.807) is 19.1 Å². The van der Waals surface area contributed by atoms with Crippen LogP contribution < -0.4 is 5.32 Å². The molecule has 20 heavy (non-hydrogen) atoms. The number of rotatable bonds is 3. The predicted octanol–water partition coefficient (Wildman–Crippen LogP) is 2.74. The van der Waals surface area contributed by atoms with Gasteiger partial charge < -0.3 is 10.4 Å². The van der Waals surface area contributed by atoms with E-state index in [0.29, 0.717) is 24.1 Å². The van der Waals surface area contributed by atoms with Crippen molar-refractivity contribution in [2.24, 2.45) is 11.8 Å². The molecular weight excluding hydrogens is 261 g/mol. The molecule has 0 aromatic heterocycles. The second-order valence-electron chi connectivity index (χ2n) is 4.90. The van der Waals surface area contributed by atoms with Crippen LogP contribution in [0.2, 0.25) is 0 Å². The number of hydrogen-bond donors (Lipinski definition) is 2. The van der Waals surface area contributed by atoms with E-state index in [9.17, 15) is 14.0 Å². The smallest absolute Gasteiger partial charge is 0.307 e. The molecule has 2 N–H and O–H groups in total. The Morgan fingerprint density at radius 2 is 1.90 bits per heavy atom. The van der Waals surface area contributed by atoms with Crippen LogP contribution in [0.4, 0.5) is 10.1 Å². The minimum Gasteiger partial charge on any atom is -0.481 e. The van der Waals surface area contributed by atoms with Crippen LogP contribution in [0, 0.1) is 24.6 Å². The summed E-state index contributed by atoms with van der Waals surface area (Å²) >= 11 is 0. The Labute approximate surface area is 116 Å². The number of halogens is 1. The summed E-state index contributed by atoms with van der Waals surface area (Å²) in [5.41, 5.74) is 0.729. The summed E-state index contributed by atoms with van der Waals surface area (Å²) in [6.45, 7) is 1.57. The van der Waals surface area contributed by atoms with Crippen molar-refractivity contribution in [1.82, 2.24) is 0 Å². The highest BCUT2D eigenvalue weighted by Gasteiger charge is 2.34. The molecule has 0 fully saturated rings. The van der Waals surface area contributed by atoms with Crippen molar-refractivity contribution in [1.29, 1.82) is 0 Å². The van der Waals surface area contributed by atoms with Gasteiger partial charge in [0, 0.05) is 11.3 Å². The van der Waals surface area contributed by atoms with E-state index >= 15 is 0 Å². The third-order valence-corrected chi connectivity index (χ3v) is 3.61. The summed E-state index contributed by atoms with van der Waals surface area (Å²) in [5.74, 6) is -3.11. The molecule has 1 amide bonds. The topological polar surface area (TPSA) is 66.4 Å². The summed E-state index contributed by atoms with van der Waals surface area (Å²) in [5, 5.41) is 11.8. The zero-order chi connectivity index (χ0) is 14.7. The van der Waals surface area contributed by atoms with E-state index < -0.39 is 23.6 Å². The third-order valence-electron chi connectivity index (χ3n) is 3.61. The molecule has 0 radical (unpaired) electrons. The third kappa shape index (κ3) is 2.87. The van der Waals surface area contributed by atoms with Crippen LogP contribution >= 0.6 is 0 Å². The van der Waals surface area contributed by atoms with Gasteiger partial charge in [0.2, 0.25) is 5.91 Å². The molecule has 106 valence electrons. The minimum atomic E-state index is -0.981. The van der Waals surface area contributed by atoms with E-state index in [1.807, 2.05) is 6.08 Å². The number of anilines is 1. The second kappa shape index (κ2) is 5.86. The first-order valence-electron chi connectivity index (χ1n) is 6.44. The minimum absolute atomic E-state index is 0.343. The Morgan fingerprint density at radius 3 is 2.55 bits per heavy atom. The summed E-state index contributed by atoms with van der Waals surface area (Å²) in [7, 11) is 0. The number of carboxylic acids is 1. The van der Waals surface area contributed by atoms with Crippen molar-refractivity contribution in [3.05, 3.63) is 41.7 Å². The van der Waals surface area contributed by atoms with Gasteiger partial charge in [-0.05, 0) is 31.9 Å². The lowest BCUT2D eigenvalue weighted by Crippen LogP contribution is -2.34. The molecule has 0 saturated heterocycles. The molecule has 0 spiro atoms. The van der Waals surface area contributed by atoms with Crippen LogP contribution in [0.3, 0.4) is 0 Å². The number of carbonyl (C=O) groups is 2. The molecule has 0 bridgehead atoms. The monoisotopic (exact) mass is 277 g/mol. The number of carbonyl (C=O) groups excluding carboxylic acids is 1. The molecule has 5 heteroatoms. The van der Waals surface area contributed by atoms with Gasteiger partial charge in [-0.2, -0.15) is 0 Å². The highest BCUT2D eigenvalue weighted by molar-refractivity contribution is 5.96. The first-order valence-corrected chi connectivity index (χ1v) is 6.44. The van der Waals surface area contributed by atoms with Gasteiger partial charge in [-0.25, -0.2) is 4.39 Å². The largest absolute Gasteiger partial charge is 0.481 e. The van der Waals surface area contributed by atoms with Crippen LogP contribution in [0.1, 0.15) is 18.4 Å². The fourth-order valence-corrected chi connectivity index (χ4v) is 2.35. The van der Waals surface area contributed by atoms with Crippen LogP contribution in [-0.2, 0) is 9.59 Å². The zero-order valence-corrected chi connectivity index (χ0v) is 11.1. The quantitative estimate of drug-likeness (QED) is 0.835. The van der Waals surface area contributed by atoms with Gasteiger partial charge in [-0.3, -0.25) is 9.59 Å². The van der Waals surface area contributed by atoms with Crippen LogP contribution in [0.25, 0.3) is 0 Å². The fraction of sp³-hybridized carbons (Fsp3) is 0.333. The summed E-state index contributed by atoms with van der Waals surface area (Å²) in [6, 6.07) is 4.42. The van der Waals surface area contributed by atoms with Crippen molar-refractivity contribution >= 4 is 17.6 Å². The zero-order valence-electron chi connectivity index (χ0n) is 11.1. The summed E-state index contributed by atoms with van der Waals surface area (Å²) in [6.07, 6.45) is 4.31. The number of carboxylic acid groups (broad SMARTS) is 1. The Hall–Kier alpha value is -2.17. The number of amides is 1. The number of allylic oxidation sites excluding steroid dienone is 2. The van der Waals surface area contributed by atoms with Gasteiger partial charge in [-0.1, -0.05) is 18.2 Å². The Bertz CT molecular complexity index is 568. The van der Waals surface area contributed by atoms with Crippen molar-refractivity contribution in [2.75, 3.05) is 5.32 Å². The highest BCUT2D eigenvalue weighted by atomic mass is 19.1. The van der Waals surface area contributed by atoms with E-state index in [2.05, 4.69) is 5.32 Å². The van der Waals surface area contributed by atoms with Gasteiger partial charge in [0.05, 0.1) is 11.8 Å². The van der Waals surface area contributed by atoms with Crippen LogP contribution in [0.5, 0.6) is 0 Å². The fourth-order valence-electron chi connectivity index (χ4n) is 2.35. The molecule has 2 rings (SSSR count). The SMILES string of the molecule is Cc1c(F)cccc1NC(=O)[C@H]1CC=CC[C@H]1C(=O)O. The number of hydrogen-bond acceptors (Lipinski definition) is 2. The molecule has 0 unspecified atom stereocenters. The lowest BCUT2D eigenvalue weighted by molar-refractivity contribution is -0.146. The molecule has 4 nitrogen and oxygen atoms in total. The van der Waals surface area contributed by atoms with E-state index in [1.165, 1.54) is 12.1 Å². The molecule has 0 aliphatic heterocycles. The lowest BCUT2D eigenvalue weighted by Gasteiger charge is -2.24. The Morgan fingerprint density at radius 1 is 1.25 bits per heavy atom. The maximum absolute atomic E-state index is 13.4.